The second-order valence-electron chi connectivity index (χ2n) is 8.69. The van der Waals surface area contributed by atoms with Gasteiger partial charge in [-0.1, -0.05) is 98.2 Å². The third kappa shape index (κ3) is 4.86. The molecule has 0 fully saturated rings. The molecule has 0 aliphatic heterocycles. The van der Waals surface area contributed by atoms with Gasteiger partial charge in [0.25, 0.3) is 0 Å². The molecule has 0 atom stereocenters. The van der Waals surface area contributed by atoms with Gasteiger partial charge in [-0.2, -0.15) is 0 Å². The Balaban J connectivity index is 1.75. The second kappa shape index (κ2) is 8.89. The second-order valence-corrected chi connectivity index (χ2v) is 10.0. The van der Waals surface area contributed by atoms with E-state index in [1.54, 1.807) is 11.8 Å². The van der Waals surface area contributed by atoms with E-state index in [0.29, 0.717) is 5.02 Å². The van der Waals surface area contributed by atoms with Gasteiger partial charge >= 0.3 is 0 Å². The molecule has 1 aromatic heterocycles. The summed E-state index contributed by atoms with van der Waals surface area (Å²) in [5, 5.41) is 10.6. The molecule has 0 saturated heterocycles. The van der Waals surface area contributed by atoms with Crippen LogP contribution in [0.25, 0.3) is 17.1 Å². The normalized spacial score (nSPS) is 11.6. The van der Waals surface area contributed by atoms with Gasteiger partial charge in [0.2, 0.25) is 0 Å². The van der Waals surface area contributed by atoms with E-state index in [1.807, 2.05) is 24.3 Å². The third-order valence-electron chi connectivity index (χ3n) is 5.23. The first-order chi connectivity index (χ1) is 14.8. The topological polar surface area (TPSA) is 30.7 Å². The van der Waals surface area contributed by atoms with Crippen molar-refractivity contribution in [2.45, 2.75) is 44.0 Å². The predicted molar refractivity (Wildman–Crippen MR) is 131 cm³/mol. The number of hydrogen-bond acceptors (Lipinski definition) is 3. The lowest BCUT2D eigenvalue weighted by molar-refractivity contribution is 0.590. The number of nitrogens with zero attached hydrogens (tertiary/aromatic N) is 3. The molecule has 5 heteroatoms. The van der Waals surface area contributed by atoms with Crippen molar-refractivity contribution in [3.05, 3.63) is 94.5 Å². The first-order valence-corrected chi connectivity index (χ1v) is 11.7. The Morgan fingerprint density at radius 3 is 2.19 bits per heavy atom. The molecule has 3 aromatic carbocycles. The molecule has 0 N–H and O–H groups in total. The van der Waals surface area contributed by atoms with Crippen LogP contribution in [0.1, 0.15) is 37.5 Å². The molecule has 158 valence electrons. The van der Waals surface area contributed by atoms with E-state index in [2.05, 4.69) is 91.0 Å². The van der Waals surface area contributed by atoms with Gasteiger partial charge in [0.1, 0.15) is 0 Å². The fourth-order valence-electron chi connectivity index (χ4n) is 3.36. The fraction of sp³-hybridized carbons (Fsp3) is 0.231. The molecule has 0 bridgehead atoms. The molecule has 0 aliphatic rings. The lowest BCUT2D eigenvalue weighted by atomic mass is 9.87. The number of rotatable bonds is 5. The van der Waals surface area contributed by atoms with Gasteiger partial charge in [0, 0.05) is 17.0 Å². The summed E-state index contributed by atoms with van der Waals surface area (Å²) < 4.78 is 2.10. The van der Waals surface area contributed by atoms with E-state index in [1.165, 1.54) is 16.7 Å². The molecule has 0 saturated carbocycles. The number of halogens is 1. The largest absolute Gasteiger partial charge is 0.270 e. The average Bonchev–Trinajstić information content (AvgIpc) is 3.17. The summed E-state index contributed by atoms with van der Waals surface area (Å²) in [6.07, 6.45) is 0. The van der Waals surface area contributed by atoms with Crippen molar-refractivity contribution >= 4 is 23.4 Å². The minimum atomic E-state index is 0.0975. The van der Waals surface area contributed by atoms with Crippen molar-refractivity contribution in [1.82, 2.24) is 14.8 Å². The lowest BCUT2D eigenvalue weighted by Gasteiger charge is -2.19. The van der Waals surface area contributed by atoms with Gasteiger partial charge in [-0.3, -0.25) is 4.57 Å². The molecule has 0 amide bonds. The average molecular weight is 448 g/mol. The molecule has 0 radical (unpaired) electrons. The van der Waals surface area contributed by atoms with Crippen LogP contribution >= 0.6 is 23.4 Å². The zero-order chi connectivity index (χ0) is 22.0. The van der Waals surface area contributed by atoms with Gasteiger partial charge in [-0.05, 0) is 47.7 Å². The SMILES string of the molecule is Cc1ccc(CSc2nnc(-c3ccccc3Cl)n2-c2ccc(C(C)(C)C)cc2)cc1. The van der Waals surface area contributed by atoms with Crippen LogP contribution in [-0.2, 0) is 11.2 Å². The Labute approximate surface area is 193 Å². The molecule has 0 spiro atoms. The molecule has 3 nitrogen and oxygen atoms in total. The Bertz CT molecular complexity index is 1170. The van der Waals surface area contributed by atoms with E-state index < -0.39 is 0 Å². The van der Waals surface area contributed by atoms with Crippen LogP contribution in [0.3, 0.4) is 0 Å². The highest BCUT2D eigenvalue weighted by atomic mass is 35.5. The van der Waals surface area contributed by atoms with Crippen molar-refractivity contribution in [2.75, 3.05) is 0 Å². The summed E-state index contributed by atoms with van der Waals surface area (Å²) in [6, 6.07) is 25.0. The summed E-state index contributed by atoms with van der Waals surface area (Å²) >= 11 is 8.19. The Morgan fingerprint density at radius 1 is 0.871 bits per heavy atom. The summed E-state index contributed by atoms with van der Waals surface area (Å²) in [5.41, 5.74) is 5.81. The first kappa shape index (κ1) is 21.7. The standard InChI is InChI=1S/C26H26ClN3S/c1-18-9-11-19(12-10-18)17-31-25-29-28-24(22-7-5-6-8-23(22)27)30(25)21-15-13-20(14-16-21)26(2,3)4/h5-16H,17H2,1-4H3. The smallest absolute Gasteiger partial charge is 0.196 e. The predicted octanol–water partition coefficient (Wildman–Crippen LogP) is 7.49. The summed E-state index contributed by atoms with van der Waals surface area (Å²) in [4.78, 5) is 0. The number of aryl methyl sites for hydroxylation is 1. The maximum atomic E-state index is 6.51. The molecule has 0 aliphatic carbocycles. The highest BCUT2D eigenvalue weighted by molar-refractivity contribution is 7.98. The molecule has 0 unspecified atom stereocenters. The van der Waals surface area contributed by atoms with Crippen LogP contribution in [0, 0.1) is 6.92 Å². The van der Waals surface area contributed by atoms with Crippen LogP contribution < -0.4 is 0 Å². The van der Waals surface area contributed by atoms with Crippen molar-refractivity contribution in [3.63, 3.8) is 0 Å². The number of thioether (sulfide) groups is 1. The van der Waals surface area contributed by atoms with Gasteiger partial charge < -0.3 is 0 Å². The van der Waals surface area contributed by atoms with E-state index in [9.17, 15) is 0 Å². The van der Waals surface area contributed by atoms with E-state index in [4.69, 9.17) is 11.6 Å². The first-order valence-electron chi connectivity index (χ1n) is 10.3. The Kier molecular flexibility index (Phi) is 6.22. The fourth-order valence-corrected chi connectivity index (χ4v) is 4.48. The van der Waals surface area contributed by atoms with E-state index >= 15 is 0 Å². The van der Waals surface area contributed by atoms with Crippen molar-refractivity contribution < 1.29 is 0 Å². The van der Waals surface area contributed by atoms with Crippen LogP contribution in [0.15, 0.2) is 78.0 Å². The van der Waals surface area contributed by atoms with Crippen LogP contribution in [0.4, 0.5) is 0 Å². The zero-order valence-corrected chi connectivity index (χ0v) is 19.8. The minimum absolute atomic E-state index is 0.0975. The van der Waals surface area contributed by atoms with Crippen molar-refractivity contribution in [1.29, 1.82) is 0 Å². The number of benzene rings is 3. The molecule has 4 rings (SSSR count). The molecule has 4 aromatic rings. The number of aromatic nitrogens is 3. The summed E-state index contributed by atoms with van der Waals surface area (Å²) in [5.74, 6) is 1.57. The van der Waals surface area contributed by atoms with Gasteiger partial charge in [-0.15, -0.1) is 10.2 Å². The molecular formula is C26H26ClN3S. The highest BCUT2D eigenvalue weighted by Gasteiger charge is 2.19. The van der Waals surface area contributed by atoms with E-state index in [0.717, 1.165) is 28.0 Å². The van der Waals surface area contributed by atoms with E-state index in [-0.39, 0.29) is 5.41 Å². The minimum Gasteiger partial charge on any atom is -0.270 e. The Hall–Kier alpha value is -2.56. The maximum absolute atomic E-state index is 6.51. The maximum Gasteiger partial charge on any atom is 0.196 e. The lowest BCUT2D eigenvalue weighted by Crippen LogP contribution is -2.11. The van der Waals surface area contributed by atoms with Crippen LogP contribution in [-0.4, -0.2) is 14.8 Å². The summed E-state index contributed by atoms with van der Waals surface area (Å²) in [6.45, 7) is 8.76. The van der Waals surface area contributed by atoms with Crippen LogP contribution in [0.2, 0.25) is 5.02 Å². The zero-order valence-electron chi connectivity index (χ0n) is 18.3. The molecule has 1 heterocycles. The van der Waals surface area contributed by atoms with Gasteiger partial charge in [-0.25, -0.2) is 0 Å². The van der Waals surface area contributed by atoms with Crippen molar-refractivity contribution in [3.8, 4) is 17.1 Å². The summed E-state index contributed by atoms with van der Waals surface area (Å²) in [7, 11) is 0. The quantitative estimate of drug-likeness (QED) is 0.297. The third-order valence-corrected chi connectivity index (χ3v) is 6.56. The van der Waals surface area contributed by atoms with Crippen LogP contribution in [0.5, 0.6) is 0 Å². The monoisotopic (exact) mass is 447 g/mol. The van der Waals surface area contributed by atoms with Crippen molar-refractivity contribution in [2.24, 2.45) is 0 Å². The molecular weight excluding hydrogens is 422 g/mol. The van der Waals surface area contributed by atoms with Gasteiger partial charge in [0.15, 0.2) is 11.0 Å². The Morgan fingerprint density at radius 2 is 1.55 bits per heavy atom. The van der Waals surface area contributed by atoms with Gasteiger partial charge in [0.05, 0.1) is 5.02 Å². The highest BCUT2D eigenvalue weighted by Crippen LogP contribution is 2.33. The number of hydrogen-bond donors (Lipinski definition) is 0. The molecule has 31 heavy (non-hydrogen) atoms.